The summed E-state index contributed by atoms with van der Waals surface area (Å²) >= 11 is 0. The van der Waals surface area contributed by atoms with Crippen LogP contribution in [0.25, 0.3) is 0 Å². The quantitative estimate of drug-likeness (QED) is 0.182. The summed E-state index contributed by atoms with van der Waals surface area (Å²) in [5.74, 6) is 0.698. The van der Waals surface area contributed by atoms with Gasteiger partial charge >= 0.3 is 12.1 Å². The molecule has 4 aromatic carbocycles. The molecule has 4 fully saturated rings. The molecule has 0 aliphatic carbocycles. The van der Waals surface area contributed by atoms with Crippen molar-refractivity contribution in [2.75, 3.05) is 32.8 Å². The van der Waals surface area contributed by atoms with Crippen LogP contribution in [-0.4, -0.2) is 55.9 Å². The second kappa shape index (κ2) is 15.0. The SMILES string of the molecule is O=C(NC(c1ccccc1)c1cccc(OCc2ccc(C(=O)OCc3cccc(C4OCCO4)c3)cc2)c1)OC1CN2CCC1CC2. The number of alkyl carbamates (subject to hydrolysis) is 1. The maximum Gasteiger partial charge on any atom is 0.408 e. The summed E-state index contributed by atoms with van der Waals surface area (Å²) in [6.07, 6.45) is 1.30. The number of carbonyl (C=O) groups is 2. The highest BCUT2D eigenvalue weighted by atomic mass is 16.7. The first-order valence-electron chi connectivity index (χ1n) is 16.6. The van der Waals surface area contributed by atoms with E-state index < -0.39 is 18.1 Å². The molecule has 2 atom stereocenters. The minimum Gasteiger partial charge on any atom is -0.489 e. The molecule has 2 bridgehead atoms. The normalized spacial score (nSPS) is 21.0. The Bertz CT molecular complexity index is 1680. The fourth-order valence-electron chi connectivity index (χ4n) is 6.64. The van der Waals surface area contributed by atoms with Gasteiger partial charge in [-0.1, -0.05) is 72.8 Å². The Kier molecular flexibility index (Phi) is 9.98. The van der Waals surface area contributed by atoms with E-state index in [1.165, 1.54) is 0 Å². The molecule has 0 saturated carbocycles. The monoisotopic (exact) mass is 648 g/mol. The lowest BCUT2D eigenvalue weighted by molar-refractivity contribution is -0.0442. The largest absolute Gasteiger partial charge is 0.489 e. The van der Waals surface area contributed by atoms with Crippen molar-refractivity contribution in [2.24, 2.45) is 5.92 Å². The summed E-state index contributed by atoms with van der Waals surface area (Å²) in [4.78, 5) is 28.3. The first kappa shape index (κ1) is 31.9. The Morgan fingerprint density at radius 1 is 0.792 bits per heavy atom. The molecule has 4 aliphatic heterocycles. The smallest absolute Gasteiger partial charge is 0.408 e. The number of carbonyl (C=O) groups excluding carboxylic acids is 2. The summed E-state index contributed by atoms with van der Waals surface area (Å²) in [5, 5.41) is 3.12. The van der Waals surface area contributed by atoms with Gasteiger partial charge in [0.1, 0.15) is 25.1 Å². The molecule has 4 aromatic rings. The lowest BCUT2D eigenvalue weighted by Gasteiger charge is -2.43. The Labute approximate surface area is 280 Å². The van der Waals surface area contributed by atoms with Crippen LogP contribution in [0.3, 0.4) is 0 Å². The van der Waals surface area contributed by atoms with Crippen molar-refractivity contribution in [3.63, 3.8) is 0 Å². The molecule has 0 aromatic heterocycles. The second-order valence-electron chi connectivity index (χ2n) is 12.5. The lowest BCUT2D eigenvalue weighted by Crippen LogP contribution is -2.52. The molecule has 4 aliphatic rings. The molecule has 0 radical (unpaired) electrons. The van der Waals surface area contributed by atoms with Crippen LogP contribution in [0, 0.1) is 5.92 Å². The van der Waals surface area contributed by atoms with E-state index >= 15 is 0 Å². The number of fused-ring (bicyclic) bond motifs is 3. The molecule has 9 heteroatoms. The van der Waals surface area contributed by atoms with Gasteiger partial charge in [0, 0.05) is 12.1 Å². The van der Waals surface area contributed by atoms with Crippen LogP contribution in [0.2, 0.25) is 0 Å². The van der Waals surface area contributed by atoms with E-state index in [9.17, 15) is 9.59 Å². The Morgan fingerprint density at radius 3 is 2.29 bits per heavy atom. The summed E-state index contributed by atoms with van der Waals surface area (Å²) < 4.78 is 28.8. The zero-order chi connectivity index (χ0) is 32.7. The fourth-order valence-corrected chi connectivity index (χ4v) is 6.64. The number of ether oxygens (including phenoxy) is 5. The first-order chi connectivity index (χ1) is 23.6. The number of nitrogens with zero attached hydrogens (tertiary/aromatic N) is 1. The van der Waals surface area contributed by atoms with Crippen LogP contribution in [0.1, 0.15) is 63.3 Å². The topological polar surface area (TPSA) is 95.6 Å². The van der Waals surface area contributed by atoms with Crippen molar-refractivity contribution < 1.29 is 33.3 Å². The van der Waals surface area contributed by atoms with Crippen molar-refractivity contribution >= 4 is 12.1 Å². The molecule has 8 rings (SSSR count). The van der Waals surface area contributed by atoms with Gasteiger partial charge in [0.2, 0.25) is 0 Å². The average Bonchev–Trinajstić information content (AvgIpc) is 3.69. The van der Waals surface area contributed by atoms with Crippen LogP contribution in [-0.2, 0) is 32.2 Å². The van der Waals surface area contributed by atoms with Crippen molar-refractivity contribution in [1.29, 1.82) is 0 Å². The van der Waals surface area contributed by atoms with Gasteiger partial charge in [-0.25, -0.2) is 9.59 Å². The summed E-state index contributed by atoms with van der Waals surface area (Å²) in [5.41, 5.74) is 4.97. The van der Waals surface area contributed by atoms with E-state index in [1.54, 1.807) is 12.1 Å². The molecular formula is C39H40N2O7. The van der Waals surface area contributed by atoms with Crippen molar-refractivity contribution in [2.45, 2.75) is 44.5 Å². The minimum atomic E-state index is -0.408. The number of benzene rings is 4. The Morgan fingerprint density at radius 2 is 1.54 bits per heavy atom. The predicted molar refractivity (Wildman–Crippen MR) is 178 cm³/mol. The number of nitrogens with one attached hydrogen (secondary N) is 1. The van der Waals surface area contributed by atoms with Gasteiger partial charge < -0.3 is 29.0 Å². The first-order valence-corrected chi connectivity index (χ1v) is 16.6. The van der Waals surface area contributed by atoms with E-state index in [4.69, 9.17) is 23.7 Å². The number of rotatable bonds is 11. The van der Waals surface area contributed by atoms with Crippen LogP contribution in [0.15, 0.2) is 103 Å². The molecular weight excluding hydrogens is 608 g/mol. The average molecular weight is 649 g/mol. The third-order valence-corrected chi connectivity index (χ3v) is 9.25. The predicted octanol–water partition coefficient (Wildman–Crippen LogP) is 6.58. The van der Waals surface area contributed by atoms with Gasteiger partial charge in [-0.3, -0.25) is 4.90 Å². The van der Waals surface area contributed by atoms with Crippen LogP contribution < -0.4 is 10.1 Å². The van der Waals surface area contributed by atoms with Gasteiger partial charge in [0.15, 0.2) is 6.29 Å². The number of hydrogen-bond acceptors (Lipinski definition) is 8. The number of hydrogen-bond donors (Lipinski definition) is 1. The third-order valence-electron chi connectivity index (χ3n) is 9.25. The minimum absolute atomic E-state index is 0.0729. The fraction of sp³-hybridized carbons (Fsp3) is 0.333. The van der Waals surface area contributed by atoms with Crippen LogP contribution >= 0.6 is 0 Å². The van der Waals surface area contributed by atoms with E-state index in [1.807, 2.05) is 91.0 Å². The maximum absolute atomic E-state index is 13.2. The summed E-state index contributed by atoms with van der Waals surface area (Å²) in [6, 6.07) is 32.1. The molecule has 4 saturated heterocycles. The molecule has 2 unspecified atom stereocenters. The molecule has 9 nitrogen and oxygen atoms in total. The van der Waals surface area contributed by atoms with E-state index in [0.717, 1.165) is 60.3 Å². The van der Waals surface area contributed by atoms with Gasteiger partial charge in [-0.05, 0) is 84.4 Å². The van der Waals surface area contributed by atoms with E-state index in [2.05, 4.69) is 10.2 Å². The molecule has 1 N–H and O–H groups in total. The zero-order valence-electron chi connectivity index (χ0n) is 26.8. The van der Waals surface area contributed by atoms with Crippen molar-refractivity contribution in [1.82, 2.24) is 10.2 Å². The van der Waals surface area contributed by atoms with Gasteiger partial charge in [-0.2, -0.15) is 0 Å². The molecule has 1 amide bonds. The molecule has 248 valence electrons. The molecule has 0 spiro atoms. The Hall–Kier alpha value is -4.70. The maximum atomic E-state index is 13.2. The highest BCUT2D eigenvalue weighted by Gasteiger charge is 2.37. The highest BCUT2D eigenvalue weighted by molar-refractivity contribution is 5.89. The lowest BCUT2D eigenvalue weighted by atomic mass is 9.86. The highest BCUT2D eigenvalue weighted by Crippen LogP contribution is 2.31. The van der Waals surface area contributed by atoms with Crippen LogP contribution in [0.5, 0.6) is 5.75 Å². The van der Waals surface area contributed by atoms with E-state index in [-0.39, 0.29) is 19.0 Å². The van der Waals surface area contributed by atoms with Gasteiger partial charge in [-0.15, -0.1) is 0 Å². The number of piperidine rings is 3. The Balaban J connectivity index is 0.948. The van der Waals surface area contributed by atoms with Gasteiger partial charge in [0.05, 0.1) is 24.8 Å². The van der Waals surface area contributed by atoms with Gasteiger partial charge in [0.25, 0.3) is 0 Å². The number of amides is 1. The van der Waals surface area contributed by atoms with E-state index in [0.29, 0.717) is 37.1 Å². The second-order valence-corrected chi connectivity index (χ2v) is 12.5. The summed E-state index contributed by atoms with van der Waals surface area (Å²) in [6.45, 7) is 4.58. The standard InChI is InChI=1S/C39H40N2O7/c42-37(47-26-28-6-4-10-33(22-28)38-44-20-21-45-38)31-14-12-27(13-15-31)25-46-34-11-5-9-32(23-34)36(30-7-2-1-3-8-30)40-39(43)48-35-24-41-18-16-29(35)17-19-41/h1-15,22-23,29,35-36,38H,16-21,24-26H2,(H,40,43). The van der Waals surface area contributed by atoms with Crippen molar-refractivity contribution in [3.05, 3.63) is 137 Å². The van der Waals surface area contributed by atoms with Crippen LogP contribution in [0.4, 0.5) is 4.79 Å². The third kappa shape index (κ3) is 7.87. The summed E-state index contributed by atoms with van der Waals surface area (Å²) in [7, 11) is 0. The van der Waals surface area contributed by atoms with Crippen molar-refractivity contribution in [3.8, 4) is 5.75 Å². The number of esters is 1. The zero-order valence-corrected chi connectivity index (χ0v) is 26.8. The molecule has 48 heavy (non-hydrogen) atoms. The molecule has 4 heterocycles.